The van der Waals surface area contributed by atoms with E-state index in [4.69, 9.17) is 5.11 Å². The fourth-order valence-electron chi connectivity index (χ4n) is 2.94. The van der Waals surface area contributed by atoms with Gasteiger partial charge in [0.15, 0.2) is 0 Å². The van der Waals surface area contributed by atoms with Gasteiger partial charge in [-0.3, -0.25) is 4.79 Å². The lowest BCUT2D eigenvalue weighted by molar-refractivity contribution is -0.138. The highest BCUT2D eigenvalue weighted by Crippen LogP contribution is 2.37. The molecule has 0 amide bonds. The molecule has 0 radical (unpaired) electrons. The molecule has 3 rings (SSSR count). The van der Waals surface area contributed by atoms with Crippen LogP contribution in [-0.4, -0.2) is 16.1 Å². The second-order valence-corrected chi connectivity index (χ2v) is 5.61. The van der Waals surface area contributed by atoms with Crippen LogP contribution in [0.2, 0.25) is 0 Å². The number of carboxylic acid groups (broad SMARTS) is 1. The van der Waals surface area contributed by atoms with Gasteiger partial charge in [-0.2, -0.15) is 13.2 Å². The zero-order chi connectivity index (χ0) is 17.5. The number of aromatic nitrogens is 1. The summed E-state index contributed by atoms with van der Waals surface area (Å²) >= 11 is 0. The normalized spacial score (nSPS) is 11.8. The van der Waals surface area contributed by atoms with Gasteiger partial charge in [-0.1, -0.05) is 30.3 Å². The number of carbonyl (C=O) groups is 1. The van der Waals surface area contributed by atoms with Crippen LogP contribution in [0.5, 0.6) is 0 Å². The number of hydrogen-bond donors (Lipinski definition) is 2. The average Bonchev–Trinajstić information content (AvgIpc) is 2.83. The monoisotopic (exact) mass is 333 g/mol. The minimum Gasteiger partial charge on any atom is -0.481 e. The molecule has 1 heterocycles. The number of benzene rings is 2. The summed E-state index contributed by atoms with van der Waals surface area (Å²) in [5.41, 5.74) is 2.33. The van der Waals surface area contributed by atoms with Crippen LogP contribution in [0.1, 0.15) is 16.8 Å². The Morgan fingerprint density at radius 2 is 1.88 bits per heavy atom. The van der Waals surface area contributed by atoms with Gasteiger partial charge in [-0.25, -0.2) is 0 Å². The predicted octanol–water partition coefficient (Wildman–Crippen LogP) is 4.79. The van der Waals surface area contributed by atoms with Gasteiger partial charge in [0.2, 0.25) is 0 Å². The van der Waals surface area contributed by atoms with Gasteiger partial charge in [-0.05, 0) is 30.2 Å². The van der Waals surface area contributed by atoms with Crippen molar-refractivity contribution in [3.05, 3.63) is 59.3 Å². The molecule has 0 aliphatic rings. The quantitative estimate of drug-likeness (QED) is 0.724. The smallest absolute Gasteiger partial charge is 0.416 e. The lowest BCUT2D eigenvalue weighted by atomic mass is 9.98. The number of halogens is 3. The molecule has 0 saturated heterocycles. The fraction of sp³-hybridized carbons (Fsp3) is 0.167. The Morgan fingerprint density at radius 1 is 1.17 bits per heavy atom. The van der Waals surface area contributed by atoms with Crippen molar-refractivity contribution in [2.45, 2.75) is 19.5 Å². The lowest BCUT2D eigenvalue weighted by Gasteiger charge is -2.09. The van der Waals surface area contributed by atoms with Gasteiger partial charge in [0.05, 0.1) is 17.5 Å². The summed E-state index contributed by atoms with van der Waals surface area (Å²) in [5.74, 6) is -0.963. The van der Waals surface area contributed by atoms with Crippen LogP contribution >= 0.6 is 0 Å². The highest BCUT2D eigenvalue weighted by Gasteiger charge is 2.30. The van der Waals surface area contributed by atoms with Crippen molar-refractivity contribution in [2.75, 3.05) is 0 Å². The Labute approximate surface area is 135 Å². The molecule has 0 aliphatic heterocycles. The molecule has 0 aliphatic carbocycles. The van der Waals surface area contributed by atoms with Crippen molar-refractivity contribution in [1.29, 1.82) is 0 Å². The van der Waals surface area contributed by atoms with Gasteiger partial charge in [-0.15, -0.1) is 0 Å². The second kappa shape index (κ2) is 5.70. The molecule has 1 aromatic heterocycles. The van der Waals surface area contributed by atoms with Crippen molar-refractivity contribution in [1.82, 2.24) is 4.98 Å². The third kappa shape index (κ3) is 2.87. The molecule has 0 fully saturated rings. The first-order valence-electron chi connectivity index (χ1n) is 7.27. The summed E-state index contributed by atoms with van der Waals surface area (Å²) in [4.78, 5) is 14.1. The molecule has 0 atom stereocenters. The molecule has 0 bridgehead atoms. The fourth-order valence-corrected chi connectivity index (χ4v) is 2.94. The van der Waals surface area contributed by atoms with E-state index in [9.17, 15) is 18.0 Å². The SMILES string of the molecule is Cc1[nH]c2c(CC(=O)O)cccc2c1-c1cccc(C(F)(F)F)c1. The van der Waals surface area contributed by atoms with E-state index >= 15 is 0 Å². The van der Waals surface area contributed by atoms with Crippen LogP contribution in [0, 0.1) is 6.92 Å². The number of aryl methyl sites for hydroxylation is 1. The van der Waals surface area contributed by atoms with Crippen molar-refractivity contribution >= 4 is 16.9 Å². The number of hydrogen-bond acceptors (Lipinski definition) is 1. The minimum atomic E-state index is -4.41. The molecule has 6 heteroatoms. The van der Waals surface area contributed by atoms with Crippen LogP contribution in [0.3, 0.4) is 0 Å². The third-order valence-electron chi connectivity index (χ3n) is 3.93. The topological polar surface area (TPSA) is 53.1 Å². The van der Waals surface area contributed by atoms with Gasteiger partial charge in [0, 0.05) is 16.6 Å². The Morgan fingerprint density at radius 3 is 2.54 bits per heavy atom. The van der Waals surface area contributed by atoms with E-state index in [0.717, 1.165) is 12.1 Å². The zero-order valence-corrected chi connectivity index (χ0v) is 12.7. The van der Waals surface area contributed by atoms with Gasteiger partial charge in [0.25, 0.3) is 0 Å². The molecule has 0 unspecified atom stereocenters. The number of alkyl halides is 3. The molecule has 124 valence electrons. The van der Waals surface area contributed by atoms with Crippen LogP contribution < -0.4 is 0 Å². The van der Waals surface area contributed by atoms with E-state index in [1.807, 2.05) is 0 Å². The molecule has 3 aromatic rings. The van der Waals surface area contributed by atoms with E-state index in [1.165, 1.54) is 6.07 Å². The predicted molar refractivity (Wildman–Crippen MR) is 84.8 cm³/mol. The molecule has 2 aromatic carbocycles. The van der Waals surface area contributed by atoms with Crippen molar-refractivity contribution in [3.63, 3.8) is 0 Å². The molecule has 0 spiro atoms. The Balaban J connectivity index is 2.21. The van der Waals surface area contributed by atoms with E-state index in [0.29, 0.717) is 33.3 Å². The molecule has 2 N–H and O–H groups in total. The van der Waals surface area contributed by atoms with Crippen LogP contribution in [0.25, 0.3) is 22.0 Å². The minimum absolute atomic E-state index is 0.153. The van der Waals surface area contributed by atoms with E-state index < -0.39 is 17.7 Å². The lowest BCUT2D eigenvalue weighted by Crippen LogP contribution is -2.04. The Hall–Kier alpha value is -2.76. The van der Waals surface area contributed by atoms with Crippen molar-refractivity contribution < 1.29 is 23.1 Å². The summed E-state index contributed by atoms with van der Waals surface area (Å²) in [5, 5.41) is 9.72. The van der Waals surface area contributed by atoms with E-state index in [2.05, 4.69) is 4.98 Å². The largest absolute Gasteiger partial charge is 0.481 e. The Bertz CT molecular complexity index is 926. The second-order valence-electron chi connectivity index (χ2n) is 5.61. The molecule has 0 saturated carbocycles. The van der Waals surface area contributed by atoms with Gasteiger partial charge in [0.1, 0.15) is 0 Å². The maximum atomic E-state index is 13.0. The number of rotatable bonds is 3. The average molecular weight is 333 g/mol. The number of carboxylic acids is 1. The summed E-state index contributed by atoms with van der Waals surface area (Å²) in [6.07, 6.45) is -4.57. The van der Waals surface area contributed by atoms with E-state index in [1.54, 1.807) is 31.2 Å². The van der Waals surface area contributed by atoms with Crippen molar-refractivity contribution in [3.8, 4) is 11.1 Å². The highest BCUT2D eigenvalue weighted by atomic mass is 19.4. The standard InChI is InChI=1S/C18H14F3NO2/c1-10-16(11-4-2-6-13(8-11)18(19,20)21)14-7-3-5-12(9-15(23)24)17(14)22-10/h2-8,22H,9H2,1H3,(H,23,24). The van der Waals surface area contributed by atoms with Gasteiger partial charge >= 0.3 is 12.1 Å². The first kappa shape index (κ1) is 16.1. The number of nitrogens with one attached hydrogen (secondary N) is 1. The highest BCUT2D eigenvalue weighted by molar-refractivity contribution is 5.99. The summed E-state index contributed by atoms with van der Waals surface area (Å²) in [6.45, 7) is 1.76. The third-order valence-corrected chi connectivity index (χ3v) is 3.93. The first-order chi connectivity index (χ1) is 11.3. The number of fused-ring (bicyclic) bond motifs is 1. The Kier molecular flexibility index (Phi) is 3.83. The number of aliphatic carboxylic acids is 1. The zero-order valence-electron chi connectivity index (χ0n) is 12.7. The van der Waals surface area contributed by atoms with Crippen molar-refractivity contribution in [2.24, 2.45) is 0 Å². The summed E-state index contributed by atoms with van der Waals surface area (Å²) in [6, 6.07) is 10.3. The molecule has 24 heavy (non-hydrogen) atoms. The van der Waals surface area contributed by atoms with Gasteiger partial charge < -0.3 is 10.1 Å². The number of para-hydroxylation sites is 1. The van der Waals surface area contributed by atoms with Crippen LogP contribution in [-0.2, 0) is 17.4 Å². The summed E-state index contributed by atoms with van der Waals surface area (Å²) < 4.78 is 38.9. The molecular formula is C18H14F3NO2. The molecular weight excluding hydrogens is 319 g/mol. The summed E-state index contributed by atoms with van der Waals surface area (Å²) in [7, 11) is 0. The molecule has 3 nitrogen and oxygen atoms in total. The maximum Gasteiger partial charge on any atom is 0.416 e. The van der Waals surface area contributed by atoms with Crippen LogP contribution in [0.15, 0.2) is 42.5 Å². The number of H-pyrrole nitrogens is 1. The first-order valence-corrected chi connectivity index (χ1v) is 7.27. The number of aromatic amines is 1. The van der Waals surface area contributed by atoms with E-state index in [-0.39, 0.29) is 6.42 Å². The van der Waals surface area contributed by atoms with Crippen LogP contribution in [0.4, 0.5) is 13.2 Å². The maximum absolute atomic E-state index is 13.0.